The van der Waals surface area contributed by atoms with E-state index in [-0.39, 0.29) is 23.1 Å². The molecule has 3 rings (SSSR count). The quantitative estimate of drug-likeness (QED) is 0.780. The summed E-state index contributed by atoms with van der Waals surface area (Å²) in [6, 6.07) is 5.97. The number of ether oxygens (including phenoxy) is 2. The molecular weight excluding hydrogens is 259 g/mol. The van der Waals surface area contributed by atoms with E-state index in [4.69, 9.17) is 9.47 Å². The van der Waals surface area contributed by atoms with Crippen molar-refractivity contribution >= 4 is 5.78 Å². The van der Waals surface area contributed by atoms with Gasteiger partial charge in [0, 0.05) is 31.3 Å². The van der Waals surface area contributed by atoms with Gasteiger partial charge in [-0.05, 0) is 37.8 Å². The van der Waals surface area contributed by atoms with Crippen molar-refractivity contribution in [3.63, 3.8) is 0 Å². The molecule has 2 fully saturated rings. The largest absolute Gasteiger partial charge is 0.381 e. The predicted molar refractivity (Wildman–Crippen MR) is 72.2 cm³/mol. The van der Waals surface area contributed by atoms with E-state index in [9.17, 15) is 9.18 Å². The summed E-state index contributed by atoms with van der Waals surface area (Å²) in [5.41, 5.74) is 0.267. The van der Waals surface area contributed by atoms with Gasteiger partial charge in [0.05, 0.1) is 5.60 Å². The van der Waals surface area contributed by atoms with Crippen molar-refractivity contribution in [2.24, 2.45) is 5.92 Å². The van der Waals surface area contributed by atoms with Crippen LogP contribution in [0.1, 0.15) is 36.0 Å². The summed E-state index contributed by atoms with van der Waals surface area (Å²) in [6.07, 6.45) is 3.14. The summed E-state index contributed by atoms with van der Waals surface area (Å²) in [5, 5.41) is 0. The highest BCUT2D eigenvalue weighted by Gasteiger charge is 2.41. The van der Waals surface area contributed by atoms with E-state index < -0.39 is 0 Å². The van der Waals surface area contributed by atoms with E-state index in [1.807, 2.05) is 0 Å². The first-order valence-corrected chi connectivity index (χ1v) is 7.20. The van der Waals surface area contributed by atoms with Gasteiger partial charge in [-0.15, -0.1) is 0 Å². The van der Waals surface area contributed by atoms with Crippen LogP contribution in [0.4, 0.5) is 4.39 Å². The zero-order chi connectivity index (χ0) is 14.0. The lowest BCUT2D eigenvalue weighted by Gasteiger charge is -2.42. The summed E-state index contributed by atoms with van der Waals surface area (Å²) < 4.78 is 24.6. The maximum Gasteiger partial charge on any atom is 0.166 e. The molecule has 20 heavy (non-hydrogen) atoms. The minimum Gasteiger partial charge on any atom is -0.381 e. The summed E-state index contributed by atoms with van der Waals surface area (Å²) in [5.74, 6) is -0.383. The molecule has 0 amide bonds. The lowest BCUT2D eigenvalue weighted by molar-refractivity contribution is -0.142. The molecule has 0 bridgehead atoms. The molecule has 1 unspecified atom stereocenters. The molecule has 0 aromatic heterocycles. The number of halogens is 1. The Hall–Kier alpha value is -1.26. The Morgan fingerprint density at radius 3 is 2.80 bits per heavy atom. The fraction of sp³-hybridized carbons (Fsp3) is 0.562. The molecule has 2 aliphatic heterocycles. The van der Waals surface area contributed by atoms with Crippen LogP contribution in [0.3, 0.4) is 0 Å². The third-order valence-electron chi connectivity index (χ3n) is 4.38. The number of Topliss-reactive ketones (excluding diaryl/α,β-unsaturated/α-hetero) is 1. The second-order valence-electron chi connectivity index (χ2n) is 5.71. The Morgan fingerprint density at radius 2 is 2.05 bits per heavy atom. The molecule has 4 heteroatoms. The van der Waals surface area contributed by atoms with E-state index in [1.165, 1.54) is 12.1 Å². The van der Waals surface area contributed by atoms with Gasteiger partial charge in [-0.1, -0.05) is 12.1 Å². The van der Waals surface area contributed by atoms with Crippen molar-refractivity contribution in [3.8, 4) is 0 Å². The fourth-order valence-electron chi connectivity index (χ4n) is 3.22. The van der Waals surface area contributed by atoms with Crippen LogP contribution in [0.25, 0.3) is 0 Å². The van der Waals surface area contributed by atoms with Crippen LogP contribution in [-0.4, -0.2) is 31.2 Å². The maximum absolute atomic E-state index is 13.2. The monoisotopic (exact) mass is 278 g/mol. The highest BCUT2D eigenvalue weighted by Crippen LogP contribution is 2.38. The number of carbonyl (C=O) groups is 1. The van der Waals surface area contributed by atoms with Gasteiger partial charge < -0.3 is 9.47 Å². The van der Waals surface area contributed by atoms with Crippen LogP contribution in [0.2, 0.25) is 0 Å². The van der Waals surface area contributed by atoms with Crippen LogP contribution in [0, 0.1) is 11.7 Å². The Morgan fingerprint density at radius 1 is 1.25 bits per heavy atom. The van der Waals surface area contributed by atoms with E-state index in [1.54, 1.807) is 12.1 Å². The topological polar surface area (TPSA) is 35.5 Å². The first kappa shape index (κ1) is 13.7. The molecule has 1 atom stereocenters. The summed E-state index contributed by atoms with van der Waals surface area (Å²) >= 11 is 0. The Balaban J connectivity index is 1.74. The molecule has 108 valence electrons. The lowest BCUT2D eigenvalue weighted by atomic mass is 9.78. The van der Waals surface area contributed by atoms with Crippen molar-refractivity contribution in [1.82, 2.24) is 0 Å². The number of hydrogen-bond acceptors (Lipinski definition) is 3. The van der Waals surface area contributed by atoms with Crippen molar-refractivity contribution in [3.05, 3.63) is 35.6 Å². The van der Waals surface area contributed by atoms with Crippen molar-refractivity contribution in [2.45, 2.75) is 31.3 Å². The second-order valence-corrected chi connectivity index (χ2v) is 5.71. The van der Waals surface area contributed by atoms with Crippen LogP contribution in [0.15, 0.2) is 24.3 Å². The predicted octanol–water partition coefficient (Wildman–Crippen LogP) is 2.98. The standard InChI is InChI=1S/C16H19FO3/c17-14-3-1-2-12(10-14)15(18)13-4-7-20-16(11-13)5-8-19-9-6-16/h1-3,10,13H,4-9,11H2. The van der Waals surface area contributed by atoms with Gasteiger partial charge in [-0.3, -0.25) is 4.79 Å². The number of ketones is 1. The first-order chi connectivity index (χ1) is 9.69. The summed E-state index contributed by atoms with van der Waals surface area (Å²) in [7, 11) is 0. The first-order valence-electron chi connectivity index (χ1n) is 7.20. The number of benzene rings is 1. The number of carbonyl (C=O) groups excluding carboxylic acids is 1. The van der Waals surface area contributed by atoms with E-state index >= 15 is 0 Å². The fourth-order valence-corrected chi connectivity index (χ4v) is 3.22. The maximum atomic E-state index is 13.2. The highest BCUT2D eigenvalue weighted by atomic mass is 19.1. The molecule has 3 nitrogen and oxygen atoms in total. The number of hydrogen-bond donors (Lipinski definition) is 0. The third kappa shape index (κ3) is 2.76. The smallest absolute Gasteiger partial charge is 0.166 e. The summed E-state index contributed by atoms with van der Waals surface area (Å²) in [4.78, 5) is 12.5. The zero-order valence-corrected chi connectivity index (χ0v) is 11.4. The molecule has 0 saturated carbocycles. The van der Waals surface area contributed by atoms with E-state index in [2.05, 4.69) is 0 Å². The number of rotatable bonds is 2. The van der Waals surface area contributed by atoms with Gasteiger partial charge in [-0.25, -0.2) is 4.39 Å². The van der Waals surface area contributed by atoms with Crippen LogP contribution >= 0.6 is 0 Å². The van der Waals surface area contributed by atoms with Crippen molar-refractivity contribution in [1.29, 1.82) is 0 Å². The normalized spacial score (nSPS) is 25.6. The lowest BCUT2D eigenvalue weighted by Crippen LogP contribution is -2.45. The van der Waals surface area contributed by atoms with Crippen LogP contribution in [0.5, 0.6) is 0 Å². The minimum atomic E-state index is -0.358. The molecular formula is C16H19FO3. The van der Waals surface area contributed by atoms with Gasteiger partial charge in [0.2, 0.25) is 0 Å². The summed E-state index contributed by atoms with van der Waals surface area (Å²) in [6.45, 7) is 1.99. The van der Waals surface area contributed by atoms with Gasteiger partial charge in [0.15, 0.2) is 5.78 Å². The van der Waals surface area contributed by atoms with Gasteiger partial charge in [0.1, 0.15) is 5.82 Å². The minimum absolute atomic E-state index is 0.0404. The van der Waals surface area contributed by atoms with Gasteiger partial charge >= 0.3 is 0 Å². The zero-order valence-electron chi connectivity index (χ0n) is 11.4. The molecule has 2 heterocycles. The second kappa shape index (κ2) is 5.62. The van der Waals surface area contributed by atoms with Gasteiger partial charge in [-0.2, -0.15) is 0 Å². The SMILES string of the molecule is O=C(c1cccc(F)c1)C1CCOC2(CCOCC2)C1. The molecule has 0 N–H and O–H groups in total. The average molecular weight is 278 g/mol. The molecule has 1 aromatic rings. The molecule has 0 aliphatic carbocycles. The molecule has 1 spiro atoms. The van der Waals surface area contributed by atoms with Crippen molar-refractivity contribution in [2.75, 3.05) is 19.8 Å². The van der Waals surface area contributed by atoms with Crippen molar-refractivity contribution < 1.29 is 18.7 Å². The molecule has 2 saturated heterocycles. The van der Waals surface area contributed by atoms with E-state index in [0.717, 1.165) is 25.7 Å². The Bertz CT molecular complexity index is 489. The average Bonchev–Trinajstić information content (AvgIpc) is 2.47. The molecule has 1 aromatic carbocycles. The van der Waals surface area contributed by atoms with Crippen LogP contribution in [-0.2, 0) is 9.47 Å². The Labute approximate surface area is 118 Å². The Kier molecular flexibility index (Phi) is 3.85. The van der Waals surface area contributed by atoms with E-state index in [0.29, 0.717) is 25.4 Å². The molecule has 0 radical (unpaired) electrons. The third-order valence-corrected chi connectivity index (χ3v) is 4.38. The highest BCUT2D eigenvalue weighted by molar-refractivity contribution is 5.97. The molecule has 2 aliphatic rings. The van der Waals surface area contributed by atoms with Gasteiger partial charge in [0.25, 0.3) is 0 Å². The van der Waals surface area contributed by atoms with Crippen LogP contribution < -0.4 is 0 Å².